The van der Waals surface area contributed by atoms with Crippen LogP contribution in [-0.4, -0.2) is 66.4 Å². The second kappa shape index (κ2) is 7.00. The van der Waals surface area contributed by atoms with Gasteiger partial charge in [-0.3, -0.25) is 9.69 Å². The number of morpholine rings is 1. The molecule has 3 heterocycles. The number of nitrogens with zero attached hydrogens (tertiary/aromatic N) is 1. The Morgan fingerprint density at radius 2 is 1.87 bits per heavy atom. The number of carbonyl (C=O) groups is 1. The third kappa shape index (κ3) is 3.33. The molecule has 4 atom stereocenters. The van der Waals surface area contributed by atoms with Gasteiger partial charge in [-0.05, 0) is 43.3 Å². The number of rotatable bonds is 2. The van der Waals surface area contributed by atoms with Crippen molar-refractivity contribution < 1.29 is 14.3 Å². The maximum Gasteiger partial charge on any atom is 0.152 e. The summed E-state index contributed by atoms with van der Waals surface area (Å²) in [5.74, 6) is 2.70. The zero-order valence-electron chi connectivity index (χ0n) is 13.7. The van der Waals surface area contributed by atoms with Crippen LogP contribution in [-0.2, 0) is 14.3 Å². The zero-order chi connectivity index (χ0) is 15.8. The van der Waals surface area contributed by atoms with Crippen LogP contribution in [0.2, 0.25) is 0 Å². The predicted molar refractivity (Wildman–Crippen MR) is 90.3 cm³/mol. The first kappa shape index (κ1) is 16.3. The van der Waals surface area contributed by atoms with E-state index in [-0.39, 0.29) is 17.6 Å². The number of ketones is 1. The number of fused-ring (bicyclic) bond motifs is 1. The van der Waals surface area contributed by atoms with Crippen molar-refractivity contribution in [3.63, 3.8) is 0 Å². The van der Waals surface area contributed by atoms with Gasteiger partial charge in [0.1, 0.15) is 6.23 Å². The van der Waals surface area contributed by atoms with E-state index in [1.54, 1.807) is 0 Å². The highest BCUT2D eigenvalue weighted by Gasteiger charge is 2.50. The van der Waals surface area contributed by atoms with E-state index < -0.39 is 0 Å². The lowest BCUT2D eigenvalue weighted by Gasteiger charge is -2.42. The molecule has 4 unspecified atom stereocenters. The molecule has 2 N–H and O–H groups in total. The monoisotopic (exact) mass is 340 g/mol. The molecule has 3 aliphatic heterocycles. The molecule has 4 fully saturated rings. The van der Waals surface area contributed by atoms with Crippen molar-refractivity contribution in [3.05, 3.63) is 0 Å². The second-order valence-corrected chi connectivity index (χ2v) is 8.64. The number of hydrogen-bond acceptors (Lipinski definition) is 6. The predicted octanol–water partition coefficient (Wildman–Crippen LogP) is 1.25. The maximum atomic E-state index is 12.6. The molecule has 0 aromatic carbocycles. The lowest BCUT2D eigenvalue weighted by atomic mass is 9.75. The van der Waals surface area contributed by atoms with Crippen LogP contribution in [0.25, 0.3) is 0 Å². The summed E-state index contributed by atoms with van der Waals surface area (Å²) < 4.78 is 11.9. The van der Waals surface area contributed by atoms with E-state index in [0.717, 1.165) is 44.9 Å². The van der Waals surface area contributed by atoms with Crippen LogP contribution in [0.3, 0.4) is 0 Å². The summed E-state index contributed by atoms with van der Waals surface area (Å²) >= 11 is 1.84. The van der Waals surface area contributed by atoms with Gasteiger partial charge in [-0.25, -0.2) is 0 Å². The van der Waals surface area contributed by atoms with Gasteiger partial charge >= 0.3 is 0 Å². The van der Waals surface area contributed by atoms with Crippen molar-refractivity contribution in [2.75, 3.05) is 32.1 Å². The first-order valence-electron chi connectivity index (χ1n) is 9.09. The lowest BCUT2D eigenvalue weighted by Crippen LogP contribution is -2.54. The topological polar surface area (TPSA) is 64.8 Å². The van der Waals surface area contributed by atoms with Crippen molar-refractivity contribution in [1.82, 2.24) is 4.90 Å². The molecule has 4 aliphatic rings. The van der Waals surface area contributed by atoms with Gasteiger partial charge in [-0.1, -0.05) is 0 Å². The molecule has 23 heavy (non-hydrogen) atoms. The van der Waals surface area contributed by atoms with Crippen LogP contribution >= 0.6 is 11.8 Å². The van der Waals surface area contributed by atoms with Crippen molar-refractivity contribution in [2.24, 2.45) is 17.6 Å². The number of thioether (sulfide) groups is 1. The molecule has 0 amide bonds. The third-order valence-electron chi connectivity index (χ3n) is 6.07. The number of Topliss-reactive ketones (excluding diaryl/α,β-unsaturated/α-hetero) is 1. The standard InChI is InChI=1S/C17H28N2O3S/c18-12-3-1-11(2-4-12)13-10-23-17-14(20)9-15(22-16(13)17)19-5-7-21-8-6-19/h11-13,15-17H,1-10,18H2. The van der Waals surface area contributed by atoms with Gasteiger partial charge in [0, 0.05) is 25.6 Å². The molecule has 6 heteroatoms. The summed E-state index contributed by atoms with van der Waals surface area (Å²) in [5, 5.41) is 0.0768. The average Bonchev–Trinajstić information content (AvgIpc) is 3.01. The maximum absolute atomic E-state index is 12.6. The molecule has 0 spiro atoms. The van der Waals surface area contributed by atoms with Crippen molar-refractivity contribution in [3.8, 4) is 0 Å². The first-order chi connectivity index (χ1) is 11.2. The summed E-state index contributed by atoms with van der Waals surface area (Å²) in [7, 11) is 0. The molecule has 1 saturated carbocycles. The number of nitrogens with two attached hydrogens (primary N) is 1. The zero-order valence-corrected chi connectivity index (χ0v) is 14.5. The quantitative estimate of drug-likeness (QED) is 0.816. The van der Waals surface area contributed by atoms with Gasteiger partial charge in [-0.15, -0.1) is 11.8 Å². The normalized spacial score (nSPS) is 45.9. The van der Waals surface area contributed by atoms with Crippen LogP contribution in [0.1, 0.15) is 32.1 Å². The number of hydrogen-bond donors (Lipinski definition) is 1. The van der Waals surface area contributed by atoms with Crippen LogP contribution in [0.15, 0.2) is 0 Å². The second-order valence-electron chi connectivity index (χ2n) is 7.47. The van der Waals surface area contributed by atoms with Crippen LogP contribution in [0, 0.1) is 11.8 Å². The van der Waals surface area contributed by atoms with Gasteiger partial charge in [0.05, 0.1) is 24.6 Å². The fraction of sp³-hybridized carbons (Fsp3) is 0.941. The first-order valence-corrected chi connectivity index (χ1v) is 10.1. The fourth-order valence-corrected chi connectivity index (χ4v) is 6.28. The van der Waals surface area contributed by atoms with E-state index in [0.29, 0.717) is 30.1 Å². The van der Waals surface area contributed by atoms with Gasteiger partial charge in [0.15, 0.2) is 5.78 Å². The molecule has 3 saturated heterocycles. The largest absolute Gasteiger partial charge is 0.379 e. The van der Waals surface area contributed by atoms with Gasteiger partial charge in [-0.2, -0.15) is 0 Å². The van der Waals surface area contributed by atoms with E-state index in [1.165, 1.54) is 12.8 Å². The highest BCUT2D eigenvalue weighted by molar-refractivity contribution is 8.01. The van der Waals surface area contributed by atoms with Crippen LogP contribution in [0.5, 0.6) is 0 Å². The van der Waals surface area contributed by atoms with E-state index in [1.807, 2.05) is 11.8 Å². The van der Waals surface area contributed by atoms with Gasteiger partial charge in [0.25, 0.3) is 0 Å². The van der Waals surface area contributed by atoms with E-state index in [4.69, 9.17) is 15.2 Å². The molecular formula is C17H28N2O3S. The van der Waals surface area contributed by atoms with Gasteiger partial charge < -0.3 is 15.2 Å². The molecule has 1 aliphatic carbocycles. The molecule has 0 aromatic rings. The average molecular weight is 340 g/mol. The summed E-state index contributed by atoms with van der Waals surface area (Å²) in [6.45, 7) is 3.26. The van der Waals surface area contributed by atoms with Crippen molar-refractivity contribution in [1.29, 1.82) is 0 Å². The number of ether oxygens (including phenoxy) is 2. The van der Waals surface area contributed by atoms with Crippen LogP contribution < -0.4 is 5.73 Å². The summed E-state index contributed by atoms with van der Waals surface area (Å²) in [5.41, 5.74) is 6.06. The summed E-state index contributed by atoms with van der Waals surface area (Å²) in [4.78, 5) is 14.9. The summed E-state index contributed by atoms with van der Waals surface area (Å²) in [6.07, 6.45) is 5.31. The smallest absolute Gasteiger partial charge is 0.152 e. The molecule has 0 aromatic heterocycles. The Balaban J connectivity index is 1.44. The number of carbonyl (C=O) groups excluding carboxylic acids is 1. The third-order valence-corrected chi connectivity index (χ3v) is 7.54. The van der Waals surface area contributed by atoms with E-state index in [2.05, 4.69) is 4.90 Å². The Labute approximate surface area is 142 Å². The van der Waals surface area contributed by atoms with E-state index >= 15 is 0 Å². The molecular weight excluding hydrogens is 312 g/mol. The molecule has 5 nitrogen and oxygen atoms in total. The Hall–Kier alpha value is -0.140. The minimum Gasteiger partial charge on any atom is -0.379 e. The summed E-state index contributed by atoms with van der Waals surface area (Å²) in [6, 6.07) is 0.381. The Morgan fingerprint density at radius 1 is 1.13 bits per heavy atom. The molecule has 0 bridgehead atoms. The fourth-order valence-electron chi connectivity index (χ4n) is 4.65. The SMILES string of the molecule is NC1CCC(C2CSC3C(=O)CC(N4CCOCC4)OC32)CC1. The van der Waals surface area contributed by atoms with Crippen molar-refractivity contribution in [2.45, 2.75) is 55.7 Å². The minimum atomic E-state index is -0.0281. The van der Waals surface area contributed by atoms with Gasteiger partial charge in [0.2, 0.25) is 0 Å². The molecule has 4 rings (SSSR count). The van der Waals surface area contributed by atoms with Crippen LogP contribution in [0.4, 0.5) is 0 Å². The molecule has 0 radical (unpaired) electrons. The highest BCUT2D eigenvalue weighted by atomic mass is 32.2. The van der Waals surface area contributed by atoms with E-state index in [9.17, 15) is 4.79 Å². The molecule has 130 valence electrons. The Morgan fingerprint density at radius 3 is 2.61 bits per heavy atom. The van der Waals surface area contributed by atoms with Crippen molar-refractivity contribution >= 4 is 17.5 Å². The Bertz CT molecular complexity index is 436. The highest BCUT2D eigenvalue weighted by Crippen LogP contribution is 2.46. The minimum absolute atomic E-state index is 0.0281. The lowest BCUT2D eigenvalue weighted by molar-refractivity contribution is -0.170. The Kier molecular flexibility index (Phi) is 4.97.